The third-order valence-corrected chi connectivity index (χ3v) is 10.4. The number of aromatic nitrogens is 2. The fraction of sp³-hybridized carbons (Fsp3) is 0.111. The highest BCUT2D eigenvalue weighted by atomic mass is 14.8. The van der Waals surface area contributed by atoms with E-state index >= 15 is 0 Å². The zero-order valence-electron chi connectivity index (χ0n) is 27.1. The van der Waals surface area contributed by atoms with Crippen molar-refractivity contribution in [3.05, 3.63) is 156 Å². The van der Waals surface area contributed by atoms with Gasteiger partial charge in [-0.25, -0.2) is 4.98 Å². The van der Waals surface area contributed by atoms with E-state index in [0.717, 1.165) is 33.1 Å². The standard InChI is InChI=1S/C45H34N2/c1-27-23-29(30-18-22-37-36-13-9-10-16-40(36)45(3,4)41(37)25-30)17-20-32(27)33-21-19-31(24-28(33)2)42-26-46-43-38-14-7-5-11-34(38)35-12-6-8-15-39(35)44(43)47-42/h5-26H,1-4H3. The second kappa shape index (κ2) is 10.2. The summed E-state index contributed by atoms with van der Waals surface area (Å²) in [5.74, 6) is 0. The zero-order valence-corrected chi connectivity index (χ0v) is 27.1. The highest BCUT2D eigenvalue weighted by Gasteiger charge is 2.35. The van der Waals surface area contributed by atoms with Crippen LogP contribution in [0.3, 0.4) is 0 Å². The molecule has 0 unspecified atom stereocenters. The van der Waals surface area contributed by atoms with E-state index in [4.69, 9.17) is 9.97 Å². The number of benzene rings is 7. The molecule has 7 aromatic carbocycles. The first-order valence-electron chi connectivity index (χ1n) is 16.4. The van der Waals surface area contributed by atoms with Crippen molar-refractivity contribution in [2.24, 2.45) is 0 Å². The van der Waals surface area contributed by atoms with Crippen LogP contribution in [0.1, 0.15) is 36.1 Å². The van der Waals surface area contributed by atoms with Crippen molar-refractivity contribution in [1.82, 2.24) is 9.97 Å². The molecule has 1 aromatic heterocycles. The molecule has 224 valence electrons. The number of fused-ring (bicyclic) bond motifs is 9. The van der Waals surface area contributed by atoms with Crippen molar-refractivity contribution in [2.45, 2.75) is 33.1 Å². The summed E-state index contributed by atoms with van der Waals surface area (Å²) in [6, 6.07) is 46.4. The lowest BCUT2D eigenvalue weighted by molar-refractivity contribution is 0.660. The maximum atomic E-state index is 5.22. The molecule has 0 fully saturated rings. The fourth-order valence-electron chi connectivity index (χ4n) is 7.92. The lowest BCUT2D eigenvalue weighted by Crippen LogP contribution is -2.14. The molecule has 0 radical (unpaired) electrons. The van der Waals surface area contributed by atoms with Crippen molar-refractivity contribution < 1.29 is 0 Å². The van der Waals surface area contributed by atoms with Gasteiger partial charge in [0.15, 0.2) is 0 Å². The number of hydrogen-bond acceptors (Lipinski definition) is 2. The van der Waals surface area contributed by atoms with Crippen molar-refractivity contribution in [3.63, 3.8) is 0 Å². The first kappa shape index (κ1) is 27.7. The Labute approximate surface area is 275 Å². The average molecular weight is 603 g/mol. The van der Waals surface area contributed by atoms with E-state index in [1.54, 1.807) is 0 Å². The Bertz CT molecular complexity index is 2540. The third-order valence-electron chi connectivity index (χ3n) is 10.4. The van der Waals surface area contributed by atoms with E-state index < -0.39 is 0 Å². The van der Waals surface area contributed by atoms with Gasteiger partial charge in [-0.3, -0.25) is 4.98 Å². The molecule has 1 aliphatic rings. The Kier molecular flexibility index (Phi) is 6.01. The quantitative estimate of drug-likeness (QED) is 0.188. The molecule has 0 saturated heterocycles. The Balaban J connectivity index is 1.07. The summed E-state index contributed by atoms with van der Waals surface area (Å²) in [6.45, 7) is 9.11. The molecule has 0 bridgehead atoms. The van der Waals surface area contributed by atoms with E-state index in [2.05, 4.69) is 155 Å². The maximum Gasteiger partial charge on any atom is 0.0979 e. The van der Waals surface area contributed by atoms with Crippen molar-refractivity contribution in [3.8, 4) is 44.6 Å². The minimum absolute atomic E-state index is 0.00785. The molecule has 0 N–H and O–H groups in total. The van der Waals surface area contributed by atoms with Crippen molar-refractivity contribution in [2.75, 3.05) is 0 Å². The first-order valence-corrected chi connectivity index (χ1v) is 16.4. The molecule has 8 aromatic rings. The van der Waals surface area contributed by atoms with Crippen LogP contribution in [-0.4, -0.2) is 9.97 Å². The number of nitrogens with zero attached hydrogens (tertiary/aromatic N) is 2. The van der Waals surface area contributed by atoms with Gasteiger partial charge in [0.05, 0.1) is 22.9 Å². The Hall–Kier alpha value is -5.60. The minimum Gasteiger partial charge on any atom is -0.252 e. The monoisotopic (exact) mass is 602 g/mol. The van der Waals surface area contributed by atoms with Gasteiger partial charge in [-0.05, 0) is 92.4 Å². The highest BCUT2D eigenvalue weighted by molar-refractivity contribution is 6.23. The smallest absolute Gasteiger partial charge is 0.0979 e. The first-order chi connectivity index (χ1) is 22.9. The molecule has 0 aliphatic heterocycles. The normalized spacial score (nSPS) is 13.3. The van der Waals surface area contributed by atoms with Gasteiger partial charge in [0.25, 0.3) is 0 Å². The highest BCUT2D eigenvalue weighted by Crippen LogP contribution is 2.49. The molecule has 0 amide bonds. The molecule has 1 heterocycles. The van der Waals surface area contributed by atoms with Gasteiger partial charge in [-0.15, -0.1) is 0 Å². The summed E-state index contributed by atoms with van der Waals surface area (Å²) in [6.07, 6.45) is 1.93. The Morgan fingerprint density at radius 3 is 1.64 bits per heavy atom. The topological polar surface area (TPSA) is 25.8 Å². The number of aryl methyl sites for hydroxylation is 2. The molecular weight excluding hydrogens is 569 g/mol. The molecule has 0 atom stereocenters. The molecule has 0 spiro atoms. The van der Waals surface area contributed by atoms with Crippen LogP contribution < -0.4 is 0 Å². The average Bonchev–Trinajstić information content (AvgIpc) is 3.34. The van der Waals surface area contributed by atoms with Crippen molar-refractivity contribution in [1.29, 1.82) is 0 Å². The van der Waals surface area contributed by atoms with Gasteiger partial charge >= 0.3 is 0 Å². The second-order valence-corrected chi connectivity index (χ2v) is 13.5. The molecule has 2 nitrogen and oxygen atoms in total. The van der Waals surface area contributed by atoms with Crippen LogP contribution in [0.4, 0.5) is 0 Å². The fourth-order valence-corrected chi connectivity index (χ4v) is 7.92. The van der Waals surface area contributed by atoms with Crippen LogP contribution in [0.2, 0.25) is 0 Å². The summed E-state index contributed by atoms with van der Waals surface area (Å²) in [7, 11) is 0. The Morgan fingerprint density at radius 1 is 0.447 bits per heavy atom. The van der Waals surface area contributed by atoms with Crippen LogP contribution in [-0.2, 0) is 5.41 Å². The van der Waals surface area contributed by atoms with Gasteiger partial charge in [0, 0.05) is 21.8 Å². The lowest BCUT2D eigenvalue weighted by Gasteiger charge is -2.22. The van der Waals surface area contributed by atoms with Crippen molar-refractivity contribution >= 4 is 32.6 Å². The zero-order chi connectivity index (χ0) is 31.9. The molecule has 9 rings (SSSR count). The van der Waals surface area contributed by atoms with Crippen LogP contribution in [0.15, 0.2) is 134 Å². The van der Waals surface area contributed by atoms with Crippen LogP contribution in [0.25, 0.3) is 77.2 Å². The SMILES string of the molecule is Cc1cc(-c2ccc3c(c2)C(C)(C)c2ccccc2-3)ccc1-c1ccc(-c2cnc3c4ccccc4c4ccccc4c3n2)cc1C. The van der Waals surface area contributed by atoms with E-state index in [1.165, 1.54) is 66.4 Å². The van der Waals surface area contributed by atoms with Gasteiger partial charge < -0.3 is 0 Å². The summed E-state index contributed by atoms with van der Waals surface area (Å²) < 4.78 is 0. The van der Waals surface area contributed by atoms with Gasteiger partial charge in [-0.2, -0.15) is 0 Å². The van der Waals surface area contributed by atoms with E-state index in [1.807, 2.05) is 6.20 Å². The van der Waals surface area contributed by atoms with E-state index in [-0.39, 0.29) is 5.41 Å². The summed E-state index contributed by atoms with van der Waals surface area (Å²) in [4.78, 5) is 10.2. The summed E-state index contributed by atoms with van der Waals surface area (Å²) in [5, 5.41) is 4.70. The summed E-state index contributed by atoms with van der Waals surface area (Å²) in [5.41, 5.74) is 16.9. The van der Waals surface area contributed by atoms with Gasteiger partial charge in [0.2, 0.25) is 0 Å². The van der Waals surface area contributed by atoms with Crippen LogP contribution in [0, 0.1) is 13.8 Å². The largest absolute Gasteiger partial charge is 0.252 e. The summed E-state index contributed by atoms with van der Waals surface area (Å²) >= 11 is 0. The molecular formula is C45H34N2. The molecule has 47 heavy (non-hydrogen) atoms. The predicted molar refractivity (Wildman–Crippen MR) is 198 cm³/mol. The third kappa shape index (κ3) is 4.18. The minimum atomic E-state index is -0.00785. The molecule has 2 heteroatoms. The van der Waals surface area contributed by atoms with E-state index in [0.29, 0.717) is 0 Å². The Morgan fingerprint density at radius 2 is 0.957 bits per heavy atom. The lowest BCUT2D eigenvalue weighted by atomic mass is 9.81. The number of rotatable bonds is 3. The van der Waals surface area contributed by atoms with E-state index in [9.17, 15) is 0 Å². The number of hydrogen-bond donors (Lipinski definition) is 0. The van der Waals surface area contributed by atoms with Gasteiger partial charge in [0.1, 0.15) is 0 Å². The van der Waals surface area contributed by atoms with Crippen LogP contribution in [0.5, 0.6) is 0 Å². The van der Waals surface area contributed by atoms with Crippen LogP contribution >= 0.6 is 0 Å². The molecule has 1 aliphatic carbocycles. The maximum absolute atomic E-state index is 5.22. The molecule has 0 saturated carbocycles. The van der Waals surface area contributed by atoms with Gasteiger partial charge in [-0.1, -0.05) is 129 Å². The predicted octanol–water partition coefficient (Wildman–Crippen LogP) is 11.9. The second-order valence-electron chi connectivity index (χ2n) is 13.5.